The lowest BCUT2D eigenvalue weighted by Crippen LogP contribution is -2.57. The van der Waals surface area contributed by atoms with E-state index in [2.05, 4.69) is 41.5 Å². The van der Waals surface area contributed by atoms with Gasteiger partial charge in [0, 0.05) is 25.9 Å². The average Bonchev–Trinajstić information content (AvgIpc) is 3.21. The minimum absolute atomic E-state index is 0.0192. The third kappa shape index (κ3) is 14.7. The number of ketones is 1. The van der Waals surface area contributed by atoms with Gasteiger partial charge in [-0.2, -0.15) is 0 Å². The van der Waals surface area contributed by atoms with Crippen molar-refractivity contribution in [1.29, 1.82) is 0 Å². The van der Waals surface area contributed by atoms with Crippen LogP contribution in [0.4, 0.5) is 0 Å². The van der Waals surface area contributed by atoms with E-state index in [1.165, 1.54) is 0 Å². The van der Waals surface area contributed by atoms with Crippen LogP contribution in [-0.4, -0.2) is 98.9 Å². The first-order chi connectivity index (χ1) is 29.3. The third-order valence-corrected chi connectivity index (χ3v) is 19.1. The Kier molecular flexibility index (Phi) is 20.1. The number of esters is 1. The van der Waals surface area contributed by atoms with Crippen LogP contribution in [0.3, 0.4) is 0 Å². The van der Waals surface area contributed by atoms with E-state index in [0.717, 1.165) is 29.7 Å². The van der Waals surface area contributed by atoms with E-state index in [0.29, 0.717) is 62.1 Å². The van der Waals surface area contributed by atoms with E-state index < -0.39 is 49.9 Å². The van der Waals surface area contributed by atoms with Gasteiger partial charge in [-0.3, -0.25) is 9.59 Å². The monoisotopic (exact) mass is 885 g/mol. The zero-order valence-corrected chi connectivity index (χ0v) is 40.7. The van der Waals surface area contributed by atoms with Crippen LogP contribution in [0.15, 0.2) is 54.6 Å². The Bertz CT molecular complexity index is 1610. The highest BCUT2D eigenvalue weighted by Crippen LogP contribution is 2.45. The predicted molar refractivity (Wildman–Crippen MR) is 245 cm³/mol. The minimum Gasteiger partial charge on any atom is -0.497 e. The molecule has 0 bridgehead atoms. The lowest BCUT2D eigenvalue weighted by molar-refractivity contribution is -0.214. The van der Waals surface area contributed by atoms with Gasteiger partial charge in [-0.25, -0.2) is 0 Å². The number of hydrogen-bond acceptors (Lipinski definition) is 11. The number of carbonyl (C=O) groups is 2. The summed E-state index contributed by atoms with van der Waals surface area (Å²) in [4.78, 5) is 27.6. The minimum atomic E-state index is -2.42. The second-order valence-electron chi connectivity index (χ2n) is 19.9. The number of methoxy groups -OCH3 is 1. The first-order valence-electron chi connectivity index (χ1n) is 23.2. The van der Waals surface area contributed by atoms with Crippen LogP contribution in [0, 0.1) is 5.41 Å². The zero-order valence-electron chi connectivity index (χ0n) is 39.7. The molecule has 62 heavy (non-hydrogen) atoms. The van der Waals surface area contributed by atoms with Crippen molar-refractivity contribution in [2.75, 3.05) is 20.3 Å². The van der Waals surface area contributed by atoms with Crippen LogP contribution in [0.25, 0.3) is 0 Å². The van der Waals surface area contributed by atoms with Gasteiger partial charge in [0.15, 0.2) is 0 Å². The molecule has 0 aromatic heterocycles. The van der Waals surface area contributed by atoms with E-state index in [9.17, 15) is 19.8 Å². The lowest BCUT2D eigenvalue weighted by Gasteiger charge is -2.49. The summed E-state index contributed by atoms with van der Waals surface area (Å²) in [7, 11) is -0.789. The van der Waals surface area contributed by atoms with Crippen molar-refractivity contribution in [1.82, 2.24) is 0 Å². The van der Waals surface area contributed by atoms with Crippen LogP contribution in [0.2, 0.25) is 16.6 Å². The molecule has 0 saturated carbocycles. The Morgan fingerprint density at radius 2 is 1.52 bits per heavy atom. The van der Waals surface area contributed by atoms with Crippen molar-refractivity contribution >= 4 is 20.1 Å². The summed E-state index contributed by atoms with van der Waals surface area (Å²) in [5, 5.41) is 21.9. The summed E-state index contributed by atoms with van der Waals surface area (Å²) < 4.78 is 45.0. The van der Waals surface area contributed by atoms with Gasteiger partial charge in [0.2, 0.25) is 8.32 Å². The molecule has 12 heteroatoms. The summed E-state index contributed by atoms with van der Waals surface area (Å²) in [6.07, 6.45) is -0.353. The normalized spacial score (nSPS) is 26.4. The maximum Gasteiger partial charge on any atom is 0.311 e. The molecular weight excluding hydrogens is 805 g/mol. The maximum atomic E-state index is 14.3. The highest BCUT2D eigenvalue weighted by molar-refractivity contribution is 6.77. The molecule has 0 aliphatic carbocycles. The molecule has 8 atom stereocenters. The Balaban J connectivity index is 1.55. The van der Waals surface area contributed by atoms with Gasteiger partial charge in [0.05, 0.1) is 61.9 Å². The number of benzene rings is 2. The number of rotatable bonds is 22. The number of carbonyl (C=O) groups excluding carboxylic acids is 2. The van der Waals surface area contributed by atoms with Crippen LogP contribution in [0.1, 0.15) is 138 Å². The number of hydrogen-bond donors (Lipinski definition) is 2. The van der Waals surface area contributed by atoms with Gasteiger partial charge in [-0.15, -0.1) is 0 Å². The molecule has 4 rings (SSSR count). The van der Waals surface area contributed by atoms with E-state index in [-0.39, 0.29) is 49.8 Å². The van der Waals surface area contributed by atoms with Crippen LogP contribution >= 0.6 is 0 Å². The molecule has 2 saturated heterocycles. The molecule has 2 aromatic carbocycles. The fraction of sp³-hybridized carbons (Fsp3) is 0.720. The van der Waals surface area contributed by atoms with Crippen molar-refractivity contribution in [2.24, 2.45) is 5.41 Å². The topological polar surface area (TPSA) is 139 Å². The van der Waals surface area contributed by atoms with E-state index in [1.54, 1.807) is 7.11 Å². The second-order valence-corrected chi connectivity index (χ2v) is 25.3. The summed E-state index contributed by atoms with van der Waals surface area (Å²) in [6.45, 7) is 22.3. The van der Waals surface area contributed by atoms with Crippen LogP contribution in [0.5, 0.6) is 5.75 Å². The standard InChI is InChI=1S/C50H80O11Si/c1-34(2)62(35(3)4,36(5)6)61-43-20-15-21-46(57-32-38-22-25-40(55-11)26-23-38)50(10,60-45(43)33-58-48(54)49(7,8)9)30-39(51)24-27-44-47(53)42(52)29-41(59-44)19-16-28-56-31-37-17-13-12-14-18-37/h12-14,17-18,22-23,25-26,34-36,41-47,52-53H,15-16,19-21,24,27-33H2,1-11H3/t41-,42+,43-,44-,45-,46-,47+,50+/m1/s1. The van der Waals surface area contributed by atoms with Crippen molar-refractivity contribution < 1.29 is 52.6 Å². The molecule has 0 amide bonds. The Hall–Kier alpha value is -2.68. The van der Waals surface area contributed by atoms with Crippen molar-refractivity contribution in [3.05, 3.63) is 65.7 Å². The molecule has 350 valence electrons. The predicted octanol–water partition coefficient (Wildman–Crippen LogP) is 9.67. The molecule has 0 unspecified atom stereocenters. The first kappa shape index (κ1) is 51.9. The summed E-state index contributed by atoms with van der Waals surface area (Å²) >= 11 is 0. The highest BCUT2D eigenvalue weighted by Gasteiger charge is 2.50. The summed E-state index contributed by atoms with van der Waals surface area (Å²) in [5.74, 6) is 0.337. The first-order valence-corrected chi connectivity index (χ1v) is 25.3. The fourth-order valence-corrected chi connectivity index (χ4v) is 15.2. The Morgan fingerprint density at radius 3 is 2.13 bits per heavy atom. The van der Waals surface area contributed by atoms with Gasteiger partial charge in [-0.05, 0) is 106 Å². The number of aliphatic hydroxyl groups excluding tert-OH is 2. The Labute approximate surface area is 374 Å². The lowest BCUT2D eigenvalue weighted by atomic mass is 9.85. The van der Waals surface area contributed by atoms with Crippen molar-refractivity contribution in [2.45, 2.75) is 205 Å². The van der Waals surface area contributed by atoms with Crippen molar-refractivity contribution in [3.63, 3.8) is 0 Å². The summed E-state index contributed by atoms with van der Waals surface area (Å²) in [5.41, 5.74) is 1.18. The molecular formula is C50H80O11Si. The molecule has 11 nitrogen and oxygen atoms in total. The van der Waals surface area contributed by atoms with Gasteiger partial charge in [-0.1, -0.05) is 84.0 Å². The SMILES string of the molecule is COc1ccc(CO[C@@H]2CCC[C@@H](O[Si](C(C)C)(C(C)C)C(C)C)[C@@H](COC(=O)C(C)(C)C)O[C@@]2(C)CC(=O)CC[C@H]2O[C@H](CCCOCc3ccccc3)C[C@H](O)[C@@H]2O)cc1. The Morgan fingerprint density at radius 1 is 0.871 bits per heavy atom. The molecule has 2 fully saturated rings. The number of Topliss-reactive ketones (excluding diaryl/α,β-unsaturated/α-hetero) is 1. The molecule has 2 aliphatic rings. The van der Waals surface area contributed by atoms with Crippen LogP contribution < -0.4 is 4.74 Å². The maximum absolute atomic E-state index is 14.3. The van der Waals surface area contributed by atoms with Gasteiger partial charge >= 0.3 is 5.97 Å². The number of aliphatic hydroxyl groups is 2. The average molecular weight is 885 g/mol. The largest absolute Gasteiger partial charge is 0.497 e. The van der Waals surface area contributed by atoms with E-state index in [1.807, 2.05) is 82.3 Å². The van der Waals surface area contributed by atoms with Gasteiger partial charge in [0.1, 0.15) is 30.3 Å². The smallest absolute Gasteiger partial charge is 0.311 e. The van der Waals surface area contributed by atoms with Gasteiger partial charge in [0.25, 0.3) is 0 Å². The molecule has 0 spiro atoms. The van der Waals surface area contributed by atoms with E-state index in [4.69, 9.17) is 32.8 Å². The molecule has 2 N–H and O–H groups in total. The van der Waals surface area contributed by atoms with E-state index >= 15 is 0 Å². The third-order valence-electron chi connectivity index (χ3n) is 13.0. The van der Waals surface area contributed by atoms with Gasteiger partial charge < -0.3 is 43.1 Å². The zero-order chi connectivity index (χ0) is 45.7. The molecule has 0 radical (unpaired) electrons. The quantitative estimate of drug-likeness (QED) is 0.0664. The highest BCUT2D eigenvalue weighted by atomic mass is 28.4. The number of ether oxygens (including phenoxy) is 6. The molecule has 2 heterocycles. The molecule has 2 aliphatic heterocycles. The fourth-order valence-electron chi connectivity index (χ4n) is 9.57. The van der Waals surface area contributed by atoms with Crippen molar-refractivity contribution in [3.8, 4) is 5.75 Å². The summed E-state index contributed by atoms with van der Waals surface area (Å²) in [6, 6.07) is 17.7. The molecule has 2 aromatic rings. The second kappa shape index (κ2) is 24.0. The van der Waals surface area contributed by atoms with Crippen LogP contribution in [-0.2, 0) is 50.9 Å².